The van der Waals surface area contributed by atoms with E-state index in [1.54, 1.807) is 0 Å². The molecule has 0 spiro atoms. The largest absolute Gasteiger partial charge is 0.311 e. The second-order valence-corrected chi connectivity index (χ2v) is 13.7. The first-order valence-corrected chi connectivity index (χ1v) is 17.6. The van der Waals surface area contributed by atoms with E-state index >= 15 is 0 Å². The van der Waals surface area contributed by atoms with Gasteiger partial charge in [0.05, 0.1) is 0 Å². The summed E-state index contributed by atoms with van der Waals surface area (Å²) in [5.74, 6) is 0. The van der Waals surface area contributed by atoms with Crippen molar-refractivity contribution in [3.05, 3.63) is 181 Å². The number of para-hydroxylation sites is 2. The Labute approximate surface area is 293 Å². The van der Waals surface area contributed by atoms with E-state index in [0.717, 1.165) is 0 Å². The van der Waals surface area contributed by atoms with Crippen molar-refractivity contribution in [3.8, 4) is 22.3 Å². The molecular weight excluding hydrogens is 601 g/mol. The third-order valence-corrected chi connectivity index (χ3v) is 11.0. The summed E-state index contributed by atoms with van der Waals surface area (Å²) in [6, 6.07) is 62.9. The fourth-order valence-electron chi connectivity index (χ4n) is 8.91. The van der Waals surface area contributed by atoms with Crippen LogP contribution >= 0.6 is 0 Å². The molecule has 1 nitrogen and oxygen atoms in total. The predicted octanol–water partition coefficient (Wildman–Crippen LogP) is 10.8. The Morgan fingerprint density at radius 2 is 1.04 bits per heavy atom. The van der Waals surface area contributed by atoms with E-state index in [9.17, 15) is 0 Å². The van der Waals surface area contributed by atoms with Crippen molar-refractivity contribution in [1.82, 2.24) is 0 Å². The van der Waals surface area contributed by atoms with E-state index < -0.39 is 0 Å². The van der Waals surface area contributed by atoms with Gasteiger partial charge >= 0.3 is 0 Å². The number of rotatable bonds is 4. The minimum atomic E-state index is 0.0411. The predicted molar refractivity (Wildman–Crippen MR) is 216 cm³/mol. The molecule has 0 amide bonds. The summed E-state index contributed by atoms with van der Waals surface area (Å²) in [5, 5.41) is 7.81. The first-order chi connectivity index (χ1) is 24.7. The molecule has 0 atom stereocenters. The van der Waals surface area contributed by atoms with E-state index in [0.29, 0.717) is 0 Å². The summed E-state index contributed by atoms with van der Waals surface area (Å²) >= 11 is 0. The number of anilines is 3. The van der Waals surface area contributed by atoms with Crippen LogP contribution in [-0.4, -0.2) is 6.71 Å². The molecule has 0 bridgehead atoms. The zero-order chi connectivity index (χ0) is 33.3. The molecule has 50 heavy (non-hydrogen) atoms. The van der Waals surface area contributed by atoms with Gasteiger partial charge in [0, 0.05) is 27.8 Å². The van der Waals surface area contributed by atoms with Crippen molar-refractivity contribution < 1.29 is 0 Å². The monoisotopic (exact) mass is 635 g/mol. The highest BCUT2D eigenvalue weighted by molar-refractivity contribution is 6.99. The van der Waals surface area contributed by atoms with Gasteiger partial charge in [-0.3, -0.25) is 0 Å². The van der Waals surface area contributed by atoms with Crippen LogP contribution in [0.3, 0.4) is 0 Å². The first kappa shape index (κ1) is 28.9. The van der Waals surface area contributed by atoms with Crippen molar-refractivity contribution in [2.45, 2.75) is 13.8 Å². The molecule has 0 fully saturated rings. The van der Waals surface area contributed by atoms with Gasteiger partial charge in [0.1, 0.15) is 0 Å². The molecule has 0 radical (unpaired) electrons. The average Bonchev–Trinajstić information content (AvgIpc) is 3.17. The SMILES string of the molecule is Cc1cccc(C)c1B1c2ccccc2N(c2ccccc2)c2c1c(-c1ccccc1)c1ccc3ccc(-c4ccccc4)c4ccc2c1c34. The number of aryl methyl sites for hydroxylation is 2. The van der Waals surface area contributed by atoms with Crippen LogP contribution in [0.2, 0.25) is 0 Å². The zero-order valence-electron chi connectivity index (χ0n) is 28.2. The van der Waals surface area contributed by atoms with Gasteiger partial charge in [-0.1, -0.05) is 168 Å². The molecule has 0 unspecified atom stereocenters. The Hall–Kier alpha value is -6.12. The Morgan fingerprint density at radius 1 is 0.440 bits per heavy atom. The third kappa shape index (κ3) is 4.15. The standard InChI is InChI=1S/C48H34BN/c1-31-15-14-16-32(2)46(31)49-41-23-12-13-24-42(41)50(36-21-10-5-11-22-36)48-40-30-29-38-37(33-17-6-3-7-18-33)27-25-35-26-28-39(45(40)43(35)38)44(47(48)49)34-19-8-4-9-20-34/h3-30H,1-2H3. The van der Waals surface area contributed by atoms with Crippen LogP contribution in [0.5, 0.6) is 0 Å². The highest BCUT2D eigenvalue weighted by Crippen LogP contribution is 2.49. The van der Waals surface area contributed by atoms with Crippen molar-refractivity contribution in [3.63, 3.8) is 0 Å². The van der Waals surface area contributed by atoms with Gasteiger partial charge in [-0.15, -0.1) is 0 Å². The third-order valence-electron chi connectivity index (χ3n) is 11.0. The summed E-state index contributed by atoms with van der Waals surface area (Å²) < 4.78 is 0. The molecule has 10 rings (SSSR count). The zero-order valence-corrected chi connectivity index (χ0v) is 28.2. The topological polar surface area (TPSA) is 3.24 Å². The van der Waals surface area contributed by atoms with Crippen LogP contribution in [0.4, 0.5) is 17.1 Å². The number of fused-ring (bicyclic) bond motifs is 3. The number of benzene rings is 9. The molecule has 1 aliphatic heterocycles. The maximum atomic E-state index is 2.55. The van der Waals surface area contributed by atoms with Gasteiger partial charge in [0.25, 0.3) is 0 Å². The molecule has 1 heterocycles. The minimum Gasteiger partial charge on any atom is -0.311 e. The molecular formula is C48H34BN. The molecule has 9 aromatic carbocycles. The van der Waals surface area contributed by atoms with Crippen LogP contribution < -0.4 is 21.3 Å². The lowest BCUT2D eigenvalue weighted by molar-refractivity contribution is 1.31. The van der Waals surface area contributed by atoms with Gasteiger partial charge in [0.2, 0.25) is 6.71 Å². The van der Waals surface area contributed by atoms with E-state index in [4.69, 9.17) is 0 Å². The van der Waals surface area contributed by atoms with Crippen LogP contribution in [0.15, 0.2) is 170 Å². The summed E-state index contributed by atoms with van der Waals surface area (Å²) in [7, 11) is 0. The summed E-state index contributed by atoms with van der Waals surface area (Å²) in [6.07, 6.45) is 0. The van der Waals surface area contributed by atoms with Crippen molar-refractivity contribution >= 4 is 72.5 Å². The quantitative estimate of drug-likeness (QED) is 0.137. The Balaban J connectivity index is 1.46. The molecule has 0 aromatic heterocycles. The maximum absolute atomic E-state index is 2.55. The normalized spacial score (nSPS) is 12.5. The first-order valence-electron chi connectivity index (χ1n) is 17.6. The van der Waals surface area contributed by atoms with Gasteiger partial charge in [-0.2, -0.15) is 0 Å². The molecule has 0 N–H and O–H groups in total. The summed E-state index contributed by atoms with van der Waals surface area (Å²) in [5.41, 5.74) is 15.5. The molecule has 234 valence electrons. The van der Waals surface area contributed by atoms with E-state index in [-0.39, 0.29) is 6.71 Å². The lowest BCUT2D eigenvalue weighted by Gasteiger charge is -2.40. The molecule has 2 heteroatoms. The lowest BCUT2D eigenvalue weighted by Crippen LogP contribution is -2.59. The Bertz CT molecular complexity index is 2700. The second-order valence-electron chi connectivity index (χ2n) is 13.7. The van der Waals surface area contributed by atoms with E-state index in [1.807, 2.05) is 0 Å². The lowest BCUT2D eigenvalue weighted by atomic mass is 9.32. The van der Waals surface area contributed by atoms with Gasteiger partial charge in [0.15, 0.2) is 0 Å². The number of hydrogen-bond acceptors (Lipinski definition) is 1. The molecule has 0 saturated carbocycles. The summed E-state index contributed by atoms with van der Waals surface area (Å²) in [4.78, 5) is 2.55. The van der Waals surface area contributed by atoms with Gasteiger partial charge < -0.3 is 4.90 Å². The fourth-order valence-corrected chi connectivity index (χ4v) is 8.91. The maximum Gasteiger partial charge on any atom is 0.248 e. The van der Waals surface area contributed by atoms with E-state index in [1.165, 1.54) is 99.1 Å². The highest BCUT2D eigenvalue weighted by Gasteiger charge is 2.40. The van der Waals surface area contributed by atoms with E-state index in [2.05, 4.69) is 189 Å². The Morgan fingerprint density at radius 3 is 1.78 bits per heavy atom. The average molecular weight is 636 g/mol. The van der Waals surface area contributed by atoms with Crippen LogP contribution in [0.1, 0.15) is 11.1 Å². The number of hydrogen-bond donors (Lipinski definition) is 0. The minimum absolute atomic E-state index is 0.0411. The second kappa shape index (κ2) is 11.2. The van der Waals surface area contributed by atoms with Crippen molar-refractivity contribution in [2.24, 2.45) is 0 Å². The van der Waals surface area contributed by atoms with Crippen LogP contribution in [-0.2, 0) is 0 Å². The smallest absolute Gasteiger partial charge is 0.248 e. The molecule has 0 aliphatic carbocycles. The molecule has 1 aliphatic rings. The Kier molecular flexibility index (Phi) is 6.48. The van der Waals surface area contributed by atoms with Crippen molar-refractivity contribution in [2.75, 3.05) is 4.90 Å². The molecule has 9 aromatic rings. The van der Waals surface area contributed by atoms with Gasteiger partial charge in [-0.05, 0) is 86.8 Å². The number of nitrogens with zero attached hydrogens (tertiary/aromatic N) is 1. The van der Waals surface area contributed by atoms with Crippen molar-refractivity contribution in [1.29, 1.82) is 0 Å². The summed E-state index contributed by atoms with van der Waals surface area (Å²) in [6.45, 7) is 4.61. The van der Waals surface area contributed by atoms with Gasteiger partial charge in [-0.25, -0.2) is 0 Å². The highest BCUT2D eigenvalue weighted by atomic mass is 15.2. The molecule has 0 saturated heterocycles. The fraction of sp³-hybridized carbons (Fsp3) is 0.0417. The van der Waals surface area contributed by atoms with Crippen LogP contribution in [0, 0.1) is 13.8 Å². The van der Waals surface area contributed by atoms with Crippen LogP contribution in [0.25, 0.3) is 54.6 Å².